The van der Waals surface area contributed by atoms with E-state index >= 15 is 0 Å². The highest BCUT2D eigenvalue weighted by Gasteiger charge is 2.27. The number of esters is 1. The van der Waals surface area contributed by atoms with Gasteiger partial charge < -0.3 is 10.1 Å². The molecule has 1 amide bonds. The van der Waals surface area contributed by atoms with Gasteiger partial charge in [0.25, 0.3) is 5.91 Å². The Balaban J connectivity index is 1.51. The molecule has 0 unspecified atom stereocenters. The summed E-state index contributed by atoms with van der Waals surface area (Å²) < 4.78 is 5.86. The largest absolute Gasteiger partial charge is 0.444 e. The first kappa shape index (κ1) is 24.0. The Hall–Kier alpha value is -3.71. The van der Waals surface area contributed by atoms with Crippen molar-refractivity contribution in [3.8, 4) is 10.6 Å². The molecular weight excluding hydrogens is 515 g/mol. The number of carbonyl (C=O) groups is 2. The maximum absolute atomic E-state index is 13.6. The van der Waals surface area contributed by atoms with Crippen LogP contribution >= 0.6 is 34.5 Å². The van der Waals surface area contributed by atoms with E-state index in [9.17, 15) is 9.59 Å². The number of carbonyl (C=O) groups excluding carboxylic acids is 2. The molecule has 0 aliphatic heterocycles. The highest BCUT2D eigenvalue weighted by molar-refractivity contribution is 7.13. The zero-order valence-electron chi connectivity index (χ0n) is 18.7. The Morgan fingerprint density at radius 2 is 1.58 bits per heavy atom. The van der Waals surface area contributed by atoms with Gasteiger partial charge in [-0.3, -0.25) is 4.79 Å². The second kappa shape index (κ2) is 10.5. The van der Waals surface area contributed by atoms with E-state index in [4.69, 9.17) is 32.9 Å². The minimum absolute atomic E-state index is 0.323. The van der Waals surface area contributed by atoms with Crippen molar-refractivity contribution in [3.05, 3.63) is 118 Å². The monoisotopic (exact) mass is 532 g/mol. The van der Waals surface area contributed by atoms with Crippen molar-refractivity contribution in [2.45, 2.75) is 6.10 Å². The van der Waals surface area contributed by atoms with Gasteiger partial charge in [0.15, 0.2) is 0 Å². The summed E-state index contributed by atoms with van der Waals surface area (Å²) in [6, 6.07) is 26.4. The predicted molar refractivity (Wildman–Crippen MR) is 145 cm³/mol. The van der Waals surface area contributed by atoms with Crippen molar-refractivity contribution in [1.82, 2.24) is 4.98 Å². The second-order valence-corrected chi connectivity index (χ2v) is 9.71. The van der Waals surface area contributed by atoms with E-state index in [0.29, 0.717) is 43.5 Å². The first-order valence-electron chi connectivity index (χ1n) is 10.9. The van der Waals surface area contributed by atoms with Crippen LogP contribution in [-0.2, 0) is 9.53 Å². The lowest BCUT2D eigenvalue weighted by atomic mass is 10.1. The van der Waals surface area contributed by atoms with Crippen molar-refractivity contribution < 1.29 is 14.3 Å². The molecule has 1 N–H and O–H groups in total. The summed E-state index contributed by atoms with van der Waals surface area (Å²) in [5, 5.41) is 6.08. The van der Waals surface area contributed by atoms with Gasteiger partial charge in [0, 0.05) is 26.7 Å². The first-order valence-corrected chi connectivity index (χ1v) is 12.6. The van der Waals surface area contributed by atoms with E-state index in [2.05, 4.69) is 5.32 Å². The molecule has 0 aliphatic rings. The fourth-order valence-electron chi connectivity index (χ4n) is 3.80. The molecule has 0 saturated heterocycles. The number of hydrogen-bond donors (Lipinski definition) is 1. The van der Waals surface area contributed by atoms with Crippen molar-refractivity contribution in [3.63, 3.8) is 0 Å². The first-order chi connectivity index (χ1) is 17.5. The zero-order valence-corrected chi connectivity index (χ0v) is 21.0. The van der Waals surface area contributed by atoms with E-state index < -0.39 is 18.0 Å². The maximum atomic E-state index is 13.6. The fourth-order valence-corrected chi connectivity index (χ4v) is 5.01. The fraction of sp³-hybridized carbons (Fsp3) is 0.0357. The molecule has 0 spiro atoms. The van der Waals surface area contributed by atoms with Gasteiger partial charge in [-0.2, -0.15) is 0 Å². The molecule has 36 heavy (non-hydrogen) atoms. The normalized spacial score (nSPS) is 11.7. The molecule has 0 aliphatic carbocycles. The average Bonchev–Trinajstić information content (AvgIpc) is 3.41. The minimum Gasteiger partial charge on any atom is -0.444 e. The van der Waals surface area contributed by atoms with Gasteiger partial charge in [0.2, 0.25) is 6.10 Å². The summed E-state index contributed by atoms with van der Waals surface area (Å²) in [6.07, 6.45) is -1.21. The van der Waals surface area contributed by atoms with Gasteiger partial charge in [-0.05, 0) is 41.8 Å². The van der Waals surface area contributed by atoms with Gasteiger partial charge in [-0.25, -0.2) is 9.78 Å². The number of nitrogens with one attached hydrogen (secondary N) is 1. The number of thiophene rings is 1. The average molecular weight is 533 g/mol. The Morgan fingerprint density at radius 3 is 2.31 bits per heavy atom. The minimum atomic E-state index is -1.21. The number of pyridine rings is 1. The van der Waals surface area contributed by atoms with Gasteiger partial charge >= 0.3 is 5.97 Å². The quantitative estimate of drug-likeness (QED) is 0.226. The van der Waals surface area contributed by atoms with Crippen LogP contribution in [0.2, 0.25) is 10.0 Å². The Bertz CT molecular complexity index is 1540. The summed E-state index contributed by atoms with van der Waals surface area (Å²) in [5.41, 5.74) is 2.55. The van der Waals surface area contributed by atoms with E-state index in [1.165, 1.54) is 11.3 Å². The number of para-hydroxylation sites is 1. The molecule has 2 aromatic heterocycles. The van der Waals surface area contributed by atoms with Gasteiger partial charge in [-0.1, -0.05) is 77.8 Å². The van der Waals surface area contributed by atoms with Crippen LogP contribution in [0.15, 0.2) is 96.4 Å². The number of anilines is 1. The van der Waals surface area contributed by atoms with Crippen molar-refractivity contribution in [2.75, 3.05) is 5.32 Å². The molecule has 0 fully saturated rings. The van der Waals surface area contributed by atoms with E-state index in [1.54, 1.807) is 48.5 Å². The van der Waals surface area contributed by atoms with Crippen LogP contribution in [0.4, 0.5) is 5.69 Å². The van der Waals surface area contributed by atoms with Crippen LogP contribution in [0.25, 0.3) is 21.5 Å². The number of hydrogen-bond acceptors (Lipinski definition) is 5. The van der Waals surface area contributed by atoms with E-state index in [-0.39, 0.29) is 0 Å². The lowest BCUT2D eigenvalue weighted by molar-refractivity contribution is -0.125. The highest BCUT2D eigenvalue weighted by atomic mass is 35.5. The van der Waals surface area contributed by atoms with Crippen LogP contribution in [-0.4, -0.2) is 16.9 Å². The number of benzene rings is 3. The topological polar surface area (TPSA) is 68.3 Å². The summed E-state index contributed by atoms with van der Waals surface area (Å²) in [6.45, 7) is 0. The Labute approximate surface area is 221 Å². The van der Waals surface area contributed by atoms with Crippen LogP contribution < -0.4 is 5.32 Å². The third kappa shape index (κ3) is 5.26. The Kier molecular flexibility index (Phi) is 7.00. The molecule has 0 bridgehead atoms. The third-order valence-electron chi connectivity index (χ3n) is 5.41. The van der Waals surface area contributed by atoms with E-state index in [1.807, 2.05) is 47.8 Å². The number of nitrogens with zero attached hydrogens (tertiary/aromatic N) is 1. The van der Waals surface area contributed by atoms with Gasteiger partial charge in [-0.15, -0.1) is 11.3 Å². The van der Waals surface area contributed by atoms with Crippen LogP contribution in [0.3, 0.4) is 0 Å². The van der Waals surface area contributed by atoms with E-state index in [0.717, 1.165) is 4.88 Å². The molecule has 5 rings (SSSR count). The standard InChI is InChI=1S/C28H18Cl2N2O3S/c29-18-13-19(30)15-20(14-18)31-27(33)26(17-7-2-1-3-8-17)35-28(34)22-16-24(25-11-6-12-36-25)32-23-10-5-4-9-21(22)23/h1-16,26H,(H,31,33)/t26-/m1/s1. The van der Waals surface area contributed by atoms with Crippen LogP contribution in [0.1, 0.15) is 22.0 Å². The Morgan fingerprint density at radius 1 is 0.861 bits per heavy atom. The molecule has 5 nitrogen and oxygen atoms in total. The molecule has 1 atom stereocenters. The smallest absolute Gasteiger partial charge is 0.340 e. The maximum Gasteiger partial charge on any atom is 0.340 e. The SMILES string of the molecule is O=C(O[C@@H](C(=O)Nc1cc(Cl)cc(Cl)c1)c1ccccc1)c1cc(-c2cccs2)nc2ccccc12. The van der Waals surface area contributed by atoms with Gasteiger partial charge in [0.05, 0.1) is 21.7 Å². The lowest BCUT2D eigenvalue weighted by Crippen LogP contribution is -2.26. The summed E-state index contributed by atoms with van der Waals surface area (Å²) in [5.74, 6) is -1.18. The second-order valence-electron chi connectivity index (χ2n) is 7.89. The van der Waals surface area contributed by atoms with Crippen molar-refractivity contribution in [2.24, 2.45) is 0 Å². The third-order valence-corrected chi connectivity index (χ3v) is 6.73. The summed E-state index contributed by atoms with van der Waals surface area (Å²) >= 11 is 13.7. The summed E-state index contributed by atoms with van der Waals surface area (Å²) in [4.78, 5) is 32.5. The van der Waals surface area contributed by atoms with Crippen molar-refractivity contribution in [1.29, 1.82) is 0 Å². The van der Waals surface area contributed by atoms with Crippen LogP contribution in [0.5, 0.6) is 0 Å². The number of ether oxygens (including phenoxy) is 1. The number of halogens is 2. The number of aromatic nitrogens is 1. The molecule has 0 radical (unpaired) electrons. The number of rotatable bonds is 6. The molecule has 8 heteroatoms. The van der Waals surface area contributed by atoms with Gasteiger partial charge in [0.1, 0.15) is 0 Å². The zero-order chi connectivity index (χ0) is 25.1. The number of amides is 1. The molecule has 3 aromatic carbocycles. The molecule has 2 heterocycles. The summed E-state index contributed by atoms with van der Waals surface area (Å²) in [7, 11) is 0. The number of fused-ring (bicyclic) bond motifs is 1. The lowest BCUT2D eigenvalue weighted by Gasteiger charge is -2.19. The molecule has 0 saturated carbocycles. The van der Waals surface area contributed by atoms with Crippen LogP contribution in [0, 0.1) is 0 Å². The molecule has 178 valence electrons. The highest BCUT2D eigenvalue weighted by Crippen LogP contribution is 2.30. The van der Waals surface area contributed by atoms with Crippen molar-refractivity contribution >= 4 is 63.0 Å². The molecule has 5 aromatic rings. The predicted octanol–water partition coefficient (Wildman–Crippen LogP) is 7.81. The molecular formula is C28H18Cl2N2O3S.